The third kappa shape index (κ3) is 3.03. The Kier molecular flexibility index (Phi) is 4.36. The normalized spacial score (nSPS) is 10.8. The van der Waals surface area contributed by atoms with Crippen LogP contribution in [0.1, 0.15) is 11.3 Å². The number of carbonyl (C=O) groups is 1. The Labute approximate surface area is 143 Å². The molecule has 1 N–H and O–H groups in total. The predicted molar refractivity (Wildman–Crippen MR) is 95.7 cm³/mol. The smallest absolute Gasteiger partial charge is 0.272 e. The molecule has 122 valence electrons. The Hall–Kier alpha value is -2.66. The molecule has 3 aromatic rings. The van der Waals surface area contributed by atoms with Crippen molar-refractivity contribution in [3.8, 4) is 0 Å². The molecule has 0 unspecified atom stereocenters. The van der Waals surface area contributed by atoms with E-state index in [4.69, 9.17) is 11.6 Å². The van der Waals surface area contributed by atoms with Crippen LogP contribution in [-0.4, -0.2) is 23.2 Å². The first-order valence-electron chi connectivity index (χ1n) is 7.46. The Bertz CT molecular complexity index is 981. The van der Waals surface area contributed by atoms with Crippen LogP contribution in [0.2, 0.25) is 5.02 Å². The van der Waals surface area contributed by atoms with Crippen molar-refractivity contribution in [2.24, 2.45) is 0 Å². The number of nitrogens with zero attached hydrogens (tertiary/aromatic N) is 2. The number of nitrogens with one attached hydrogen (secondary N) is 1. The van der Waals surface area contributed by atoms with E-state index in [1.165, 1.54) is 0 Å². The number of aromatic nitrogens is 2. The molecule has 0 saturated heterocycles. The standard InChI is InChI=1S/C18H16ClN3O2/c1-11-7-8-12(19)9-16(11)22(2)17(23)10-15-13-5-3-4-6-14(13)18(24)21-20-15/h3-9H,10H2,1-2H3,(H,21,24). The lowest BCUT2D eigenvalue weighted by Crippen LogP contribution is -2.29. The summed E-state index contributed by atoms with van der Waals surface area (Å²) in [5, 5.41) is 8.28. The number of H-pyrrole nitrogens is 1. The molecular weight excluding hydrogens is 326 g/mol. The van der Waals surface area contributed by atoms with Gasteiger partial charge in [-0.1, -0.05) is 35.9 Å². The number of hydrogen-bond acceptors (Lipinski definition) is 3. The van der Waals surface area contributed by atoms with Crippen LogP contribution in [-0.2, 0) is 11.2 Å². The second-order valence-electron chi connectivity index (χ2n) is 5.61. The second kappa shape index (κ2) is 6.45. The number of anilines is 1. The summed E-state index contributed by atoms with van der Waals surface area (Å²) in [7, 11) is 1.70. The largest absolute Gasteiger partial charge is 0.315 e. The molecule has 1 heterocycles. The van der Waals surface area contributed by atoms with Gasteiger partial charge in [-0.15, -0.1) is 0 Å². The minimum atomic E-state index is -0.263. The number of amides is 1. The fourth-order valence-corrected chi connectivity index (χ4v) is 2.81. The summed E-state index contributed by atoms with van der Waals surface area (Å²) in [6, 6.07) is 12.5. The molecule has 5 nitrogen and oxygen atoms in total. The molecule has 0 atom stereocenters. The molecule has 1 amide bonds. The average Bonchev–Trinajstić information content (AvgIpc) is 2.59. The van der Waals surface area contributed by atoms with Gasteiger partial charge in [0.2, 0.25) is 5.91 Å². The van der Waals surface area contributed by atoms with Crippen LogP contribution in [0, 0.1) is 6.92 Å². The number of aryl methyl sites for hydroxylation is 1. The molecule has 0 aliphatic rings. The summed E-state index contributed by atoms with van der Waals surface area (Å²) >= 11 is 6.03. The van der Waals surface area contributed by atoms with E-state index in [9.17, 15) is 9.59 Å². The van der Waals surface area contributed by atoms with Gasteiger partial charge in [0, 0.05) is 23.1 Å². The van der Waals surface area contributed by atoms with Crippen molar-refractivity contribution in [3.05, 3.63) is 69.1 Å². The Balaban J connectivity index is 1.94. The summed E-state index contributed by atoms with van der Waals surface area (Å²) in [6.45, 7) is 1.92. The monoisotopic (exact) mass is 341 g/mol. The molecule has 0 radical (unpaired) electrons. The van der Waals surface area contributed by atoms with Crippen molar-refractivity contribution < 1.29 is 4.79 Å². The fraction of sp³-hybridized carbons (Fsp3) is 0.167. The first kappa shape index (κ1) is 16.2. The van der Waals surface area contributed by atoms with E-state index in [2.05, 4.69) is 10.2 Å². The maximum atomic E-state index is 12.7. The zero-order valence-electron chi connectivity index (χ0n) is 13.3. The molecule has 0 spiro atoms. The van der Waals surface area contributed by atoms with Gasteiger partial charge in [-0.3, -0.25) is 9.59 Å². The van der Waals surface area contributed by atoms with Gasteiger partial charge in [0.15, 0.2) is 0 Å². The van der Waals surface area contributed by atoms with Crippen LogP contribution >= 0.6 is 11.6 Å². The van der Waals surface area contributed by atoms with Crippen molar-refractivity contribution in [2.45, 2.75) is 13.3 Å². The second-order valence-corrected chi connectivity index (χ2v) is 6.04. The van der Waals surface area contributed by atoms with Crippen molar-refractivity contribution in [1.29, 1.82) is 0 Å². The molecule has 6 heteroatoms. The maximum Gasteiger partial charge on any atom is 0.272 e. The third-order valence-electron chi connectivity index (χ3n) is 4.00. The van der Waals surface area contributed by atoms with Crippen molar-refractivity contribution in [1.82, 2.24) is 10.2 Å². The summed E-state index contributed by atoms with van der Waals surface area (Å²) in [4.78, 5) is 26.0. The molecule has 0 fully saturated rings. The zero-order valence-corrected chi connectivity index (χ0v) is 14.1. The minimum Gasteiger partial charge on any atom is -0.315 e. The minimum absolute atomic E-state index is 0.0831. The third-order valence-corrected chi connectivity index (χ3v) is 4.24. The Morgan fingerprint density at radius 1 is 1.21 bits per heavy atom. The Morgan fingerprint density at radius 2 is 1.92 bits per heavy atom. The van der Waals surface area contributed by atoms with Gasteiger partial charge >= 0.3 is 0 Å². The first-order valence-corrected chi connectivity index (χ1v) is 7.84. The zero-order chi connectivity index (χ0) is 17.3. The van der Waals surface area contributed by atoms with Gasteiger partial charge in [0.05, 0.1) is 17.5 Å². The van der Waals surface area contributed by atoms with Crippen molar-refractivity contribution in [3.63, 3.8) is 0 Å². The van der Waals surface area contributed by atoms with Gasteiger partial charge in [-0.2, -0.15) is 5.10 Å². The van der Waals surface area contributed by atoms with E-state index in [1.54, 1.807) is 42.3 Å². The number of hydrogen-bond donors (Lipinski definition) is 1. The fourth-order valence-electron chi connectivity index (χ4n) is 2.65. The van der Waals surface area contributed by atoms with Crippen LogP contribution in [0.5, 0.6) is 0 Å². The van der Waals surface area contributed by atoms with Gasteiger partial charge in [0.1, 0.15) is 0 Å². The highest BCUT2D eigenvalue weighted by molar-refractivity contribution is 6.31. The average molecular weight is 342 g/mol. The molecular formula is C18H16ClN3O2. The van der Waals surface area contributed by atoms with Crippen LogP contribution in [0.25, 0.3) is 10.8 Å². The number of aromatic amines is 1. The molecule has 0 aliphatic carbocycles. The van der Waals surface area contributed by atoms with E-state index < -0.39 is 0 Å². The molecule has 2 aromatic carbocycles. The maximum absolute atomic E-state index is 12.7. The lowest BCUT2D eigenvalue weighted by molar-refractivity contribution is -0.117. The number of fused-ring (bicyclic) bond motifs is 1. The summed E-state index contributed by atoms with van der Waals surface area (Å²) in [5.74, 6) is -0.134. The SMILES string of the molecule is Cc1ccc(Cl)cc1N(C)C(=O)Cc1n[nH]c(=O)c2ccccc12. The highest BCUT2D eigenvalue weighted by atomic mass is 35.5. The summed E-state index contributed by atoms with van der Waals surface area (Å²) < 4.78 is 0. The number of likely N-dealkylation sites (N-methyl/N-ethyl adjacent to an activating group) is 1. The molecule has 0 bridgehead atoms. The van der Waals surface area contributed by atoms with E-state index in [0.29, 0.717) is 21.5 Å². The van der Waals surface area contributed by atoms with Crippen LogP contribution in [0.15, 0.2) is 47.3 Å². The molecule has 0 saturated carbocycles. The van der Waals surface area contributed by atoms with Gasteiger partial charge in [0.25, 0.3) is 5.56 Å². The number of rotatable bonds is 3. The van der Waals surface area contributed by atoms with E-state index in [0.717, 1.165) is 11.3 Å². The van der Waals surface area contributed by atoms with Gasteiger partial charge in [-0.25, -0.2) is 5.10 Å². The quantitative estimate of drug-likeness (QED) is 0.796. The highest BCUT2D eigenvalue weighted by Gasteiger charge is 2.17. The first-order chi connectivity index (χ1) is 11.5. The molecule has 1 aromatic heterocycles. The predicted octanol–water partition coefficient (Wildman–Crippen LogP) is 3.09. The van der Waals surface area contributed by atoms with Gasteiger partial charge < -0.3 is 4.90 Å². The van der Waals surface area contributed by atoms with Crippen LogP contribution < -0.4 is 10.5 Å². The Morgan fingerprint density at radius 3 is 2.67 bits per heavy atom. The lowest BCUT2D eigenvalue weighted by Gasteiger charge is -2.20. The molecule has 3 rings (SSSR count). The van der Waals surface area contributed by atoms with E-state index in [-0.39, 0.29) is 17.9 Å². The topological polar surface area (TPSA) is 66.1 Å². The summed E-state index contributed by atoms with van der Waals surface area (Å²) in [6.07, 6.45) is 0.0831. The van der Waals surface area contributed by atoms with Crippen molar-refractivity contribution >= 4 is 34.0 Å². The lowest BCUT2D eigenvalue weighted by atomic mass is 10.1. The number of benzene rings is 2. The van der Waals surface area contributed by atoms with Gasteiger partial charge in [-0.05, 0) is 30.7 Å². The van der Waals surface area contributed by atoms with E-state index >= 15 is 0 Å². The molecule has 24 heavy (non-hydrogen) atoms. The van der Waals surface area contributed by atoms with Crippen molar-refractivity contribution in [2.75, 3.05) is 11.9 Å². The number of carbonyl (C=O) groups excluding carboxylic acids is 1. The van der Waals surface area contributed by atoms with E-state index in [1.807, 2.05) is 19.1 Å². The highest BCUT2D eigenvalue weighted by Crippen LogP contribution is 2.24. The van der Waals surface area contributed by atoms with Crippen LogP contribution in [0.4, 0.5) is 5.69 Å². The molecule has 0 aliphatic heterocycles. The summed E-state index contributed by atoms with van der Waals surface area (Å²) in [5.41, 5.74) is 1.98. The number of halogens is 1. The van der Waals surface area contributed by atoms with Crippen LogP contribution in [0.3, 0.4) is 0 Å².